The number of nitrogens with one attached hydrogen (secondary N) is 1. The van der Waals surface area contributed by atoms with Gasteiger partial charge in [-0.05, 0) is 148 Å². The van der Waals surface area contributed by atoms with Gasteiger partial charge >= 0.3 is 31.5 Å². The van der Waals surface area contributed by atoms with E-state index in [9.17, 15) is 33.3 Å². The number of rotatable bonds is 21. The number of alkyl halides is 3. The maximum atomic E-state index is 12.8. The predicted molar refractivity (Wildman–Crippen MR) is 327 cm³/mol. The van der Waals surface area contributed by atoms with Crippen LogP contribution in [0.4, 0.5) is 0 Å². The normalized spacial score (nSPS) is 25.6. The van der Waals surface area contributed by atoms with E-state index in [1.165, 1.54) is 45.9 Å². The molecule has 1 heterocycles. The molecule has 2 saturated carbocycles. The lowest BCUT2D eigenvalue weighted by atomic mass is 9.47. The number of carbonyl (C=O) groups is 6. The van der Waals surface area contributed by atoms with Gasteiger partial charge in [0.05, 0.1) is 19.4 Å². The number of carboxylic acid groups (broad SMARTS) is 3. The number of aliphatic carboxylic acids is 3. The molecule has 0 bridgehead atoms. The average Bonchev–Trinajstić information content (AvgIpc) is 1.65. The summed E-state index contributed by atoms with van der Waals surface area (Å²) < 4.78 is 30.9. The van der Waals surface area contributed by atoms with Gasteiger partial charge in [-0.15, -0.1) is 34.8 Å². The molecule has 84 heavy (non-hydrogen) atoms. The van der Waals surface area contributed by atoms with Crippen molar-refractivity contribution >= 4 is 89.1 Å². The number of ketones is 2. The average molecular weight is 1240 g/mol. The number of fused-ring (bicyclic) bond motifs is 5. The number of hydrogen-bond acceptors (Lipinski definition) is 12. The Balaban J connectivity index is 0.000000218. The molecule has 17 nitrogen and oxygen atoms in total. The lowest BCUT2D eigenvalue weighted by molar-refractivity contribution is -0.185. The Morgan fingerprint density at radius 2 is 1.42 bits per heavy atom. The molecule has 3 aromatic rings. The van der Waals surface area contributed by atoms with Crippen molar-refractivity contribution in [2.75, 3.05) is 71.1 Å². The number of esters is 1. The summed E-state index contributed by atoms with van der Waals surface area (Å²) in [6.07, 6.45) is 8.60. The largest absolute Gasteiger partial charge is 0.492 e. The van der Waals surface area contributed by atoms with Crippen molar-refractivity contribution in [3.8, 4) is 5.75 Å². The summed E-state index contributed by atoms with van der Waals surface area (Å²) in [4.78, 5) is 69.4. The quantitative estimate of drug-likeness (QED) is 0.0288. The number of aliphatic hydroxyl groups is 1. The van der Waals surface area contributed by atoms with Gasteiger partial charge in [0.25, 0.3) is 0 Å². The van der Waals surface area contributed by atoms with Crippen molar-refractivity contribution in [2.45, 2.75) is 110 Å². The number of ether oxygens (including phenoxy) is 2. The molecule has 4 aliphatic carbocycles. The zero-order valence-corrected chi connectivity index (χ0v) is 52.4. The van der Waals surface area contributed by atoms with Crippen molar-refractivity contribution in [3.63, 3.8) is 0 Å². The Bertz CT molecular complexity index is 2890. The fourth-order valence-electron chi connectivity index (χ4n) is 12.8. The molecule has 3 fully saturated rings. The van der Waals surface area contributed by atoms with E-state index in [0.717, 1.165) is 57.4 Å². The minimum Gasteiger partial charge on any atom is -0.492 e. The lowest BCUT2D eigenvalue weighted by Gasteiger charge is -2.58. The van der Waals surface area contributed by atoms with Gasteiger partial charge in [-0.3, -0.25) is 28.5 Å². The molecule has 0 radical (unpaired) electrons. The van der Waals surface area contributed by atoms with Crippen molar-refractivity contribution < 1.29 is 67.8 Å². The summed E-state index contributed by atoms with van der Waals surface area (Å²) in [5.41, 5.74) is 4.46. The third kappa shape index (κ3) is 17.3. The summed E-state index contributed by atoms with van der Waals surface area (Å²) in [7, 11) is 1.25. The van der Waals surface area contributed by atoms with Crippen LogP contribution in [0.2, 0.25) is 0 Å². The lowest BCUT2D eigenvalue weighted by Crippen LogP contribution is -2.58. The Morgan fingerprint density at radius 1 is 0.821 bits per heavy atom. The van der Waals surface area contributed by atoms with Crippen molar-refractivity contribution in [1.82, 2.24) is 14.7 Å². The van der Waals surface area contributed by atoms with Crippen molar-refractivity contribution in [3.05, 3.63) is 125 Å². The summed E-state index contributed by atoms with van der Waals surface area (Å²) in [5.74, 6) is -1.65. The van der Waals surface area contributed by atoms with E-state index in [4.69, 9.17) is 69.2 Å². The first-order chi connectivity index (χ1) is 39.7. The molecule has 21 heteroatoms. The first kappa shape index (κ1) is 69.6. The highest BCUT2D eigenvalue weighted by Gasteiger charge is 2.67. The van der Waals surface area contributed by atoms with Crippen LogP contribution in [0, 0.1) is 28.6 Å². The number of benzene rings is 3. The topological polar surface area (TPSA) is 247 Å². The molecule has 0 amide bonds. The van der Waals surface area contributed by atoms with Crippen LogP contribution in [0.25, 0.3) is 11.1 Å². The predicted octanol–water partition coefficient (Wildman–Crippen LogP) is 11.4. The van der Waals surface area contributed by atoms with Crippen LogP contribution >= 0.6 is 42.5 Å². The molecule has 1 saturated heterocycles. The van der Waals surface area contributed by atoms with Crippen molar-refractivity contribution in [1.29, 1.82) is 0 Å². The molecular weight excluding hydrogens is 1160 g/mol. The van der Waals surface area contributed by atoms with Crippen LogP contribution in [-0.4, -0.2) is 148 Å². The maximum absolute atomic E-state index is 12.8. The minimum atomic E-state index is -2.84. The number of likely N-dealkylation sites (N-methyl/N-ethyl adjacent to an activating group) is 1. The molecule has 460 valence electrons. The smallest absolute Gasteiger partial charge is 0.343 e. The van der Waals surface area contributed by atoms with Gasteiger partial charge in [-0.2, -0.15) is 0 Å². The number of nitrogens with zero attached hydrogens (tertiary/aromatic N) is 2. The second-order valence-corrected chi connectivity index (χ2v) is 26.0. The number of halogens is 3. The van der Waals surface area contributed by atoms with E-state index in [2.05, 4.69) is 110 Å². The van der Waals surface area contributed by atoms with Crippen LogP contribution < -0.4 is 9.82 Å². The van der Waals surface area contributed by atoms with Crippen LogP contribution in [0.15, 0.2) is 108 Å². The summed E-state index contributed by atoms with van der Waals surface area (Å²) >= 11 is 17.4. The van der Waals surface area contributed by atoms with Gasteiger partial charge in [0.15, 0.2) is 22.8 Å². The van der Waals surface area contributed by atoms with E-state index >= 15 is 0 Å². The molecule has 1 unspecified atom stereocenters. The SMILES string of the molecule is CC(=O)O[C@]1(C(C)=O)CC[C@H]2[C@@H]3C=C(C)C4=CC(=O)CC[C@]4(C)[C@H]3CC[C@@]21C.CN(C)CCOc1ccc(/C(=C(/CCCl)c2ccccc2)c2ccccc2)cc1.O=C(O)CC(O)(CC(=O)O)C(=O)O.O=P1(NCCCl)OCCCN1CCCl. The van der Waals surface area contributed by atoms with Crippen LogP contribution in [0.5, 0.6) is 5.75 Å². The van der Waals surface area contributed by atoms with E-state index in [1.54, 1.807) is 11.6 Å². The molecule has 3 aromatic carbocycles. The van der Waals surface area contributed by atoms with Gasteiger partial charge in [0.2, 0.25) is 0 Å². The molecule has 7 atom stereocenters. The van der Waals surface area contributed by atoms with Crippen molar-refractivity contribution in [2.24, 2.45) is 28.6 Å². The zero-order chi connectivity index (χ0) is 62.0. The first-order valence-electron chi connectivity index (χ1n) is 28.4. The summed E-state index contributed by atoms with van der Waals surface area (Å²) in [6.45, 7) is 13.6. The zero-order valence-electron chi connectivity index (χ0n) is 49.3. The molecular formula is C63H83Cl3N3O14P. The monoisotopic (exact) mass is 1240 g/mol. The Hall–Kier alpha value is -5.20. The highest BCUT2D eigenvalue weighted by atomic mass is 35.5. The Morgan fingerprint density at radius 3 is 1.95 bits per heavy atom. The molecule has 5 N–H and O–H groups in total. The molecule has 8 rings (SSSR count). The maximum Gasteiger partial charge on any atom is 0.343 e. The highest BCUT2D eigenvalue weighted by molar-refractivity contribution is 7.54. The third-order valence-corrected chi connectivity index (χ3v) is 19.7. The van der Waals surface area contributed by atoms with Gasteiger partial charge in [-0.25, -0.2) is 14.6 Å². The van der Waals surface area contributed by atoms with Crippen LogP contribution in [-0.2, 0) is 42.6 Å². The van der Waals surface area contributed by atoms with E-state index in [-0.39, 0.29) is 28.4 Å². The number of hydrogen-bond donors (Lipinski definition) is 5. The summed E-state index contributed by atoms with van der Waals surface area (Å²) in [6, 6.07) is 29.4. The minimum absolute atomic E-state index is 0.0160. The number of Topliss-reactive ketones (excluding diaryl/α,β-unsaturated/α-hetero) is 1. The fraction of sp³-hybridized carbons (Fsp3) is 0.524. The van der Waals surface area contributed by atoms with Gasteiger partial charge < -0.3 is 39.3 Å². The number of carboxylic acids is 3. The van der Waals surface area contributed by atoms with Crippen LogP contribution in [0.1, 0.15) is 116 Å². The third-order valence-electron chi connectivity index (χ3n) is 16.9. The van der Waals surface area contributed by atoms with E-state index in [0.29, 0.717) is 74.5 Å². The molecule has 5 aliphatic rings. The Kier molecular flexibility index (Phi) is 26.0. The number of allylic oxidation sites excluding steroid dienone is 5. The highest BCUT2D eigenvalue weighted by Crippen LogP contribution is 2.68. The molecule has 0 spiro atoms. The fourth-order valence-corrected chi connectivity index (χ4v) is 15.6. The Labute approximate surface area is 509 Å². The van der Waals surface area contributed by atoms with Gasteiger partial charge in [0.1, 0.15) is 12.4 Å². The second-order valence-electron chi connectivity index (χ2n) is 22.7. The molecule has 1 aliphatic heterocycles. The van der Waals surface area contributed by atoms with Gasteiger partial charge in [0, 0.05) is 62.6 Å². The first-order valence-corrected chi connectivity index (χ1v) is 31.6. The van der Waals surface area contributed by atoms with E-state index < -0.39 is 49.6 Å². The van der Waals surface area contributed by atoms with Crippen LogP contribution in [0.3, 0.4) is 0 Å². The standard InChI is InChI=1S/C26H28ClNO.C24H32O4.C7H15Cl2N2O2P.C6H8O7/c1-28(2)19-20-29-24-15-13-23(14-16-24)26(22-11-7-4-8-12-22)25(17-18-27)21-9-5-3-6-10-21;1-14-12-18-19(22(4)9-6-17(27)13-21(14)22)7-10-23(5)20(18)8-11-24(23,15(2)25)28-16(3)26;8-2-4-10-14(12)11(6-3-9)5-1-7-13-14;7-3(8)1-6(13,5(11)12)2-4(9)10/h3-16H,17-20H2,1-2H3;12-13,18-20H,6-11H2,1-5H3;1-7H2,(H,10,12);13H,1-2H2,(H,7,8)(H,9,10)(H,11,12)/b26-25-;;;/t;18-,19+,20+,22-,23+,24+;;/m.1../s1. The van der Waals surface area contributed by atoms with E-state index in [1.807, 2.05) is 32.3 Å². The number of carbonyl (C=O) groups excluding carboxylic acids is 3. The molecule has 0 aromatic heterocycles. The second kappa shape index (κ2) is 31.4. The van der Waals surface area contributed by atoms with Gasteiger partial charge in [-0.1, -0.05) is 98.3 Å². The summed E-state index contributed by atoms with van der Waals surface area (Å²) in [5, 5.41) is 36.7.